The van der Waals surface area contributed by atoms with E-state index in [2.05, 4.69) is 5.32 Å². The molecule has 0 bridgehead atoms. The topological polar surface area (TPSA) is 171 Å². The van der Waals surface area contributed by atoms with Crippen LogP contribution in [0.5, 0.6) is 0 Å². The highest BCUT2D eigenvalue weighted by atomic mass is 16.4. The number of unbranched alkanes of at least 4 members (excludes halogenated alkanes) is 2. The Hall–Kier alpha value is -2.61. The summed E-state index contributed by atoms with van der Waals surface area (Å²) in [6, 6.07) is 0. The molecule has 13 heteroatoms. The lowest BCUT2D eigenvalue weighted by atomic mass is 10.0. The molecule has 1 fully saturated rings. The lowest BCUT2D eigenvalue weighted by molar-refractivity contribution is -0.140. The summed E-state index contributed by atoms with van der Waals surface area (Å²) in [4.78, 5) is 65.3. The van der Waals surface area contributed by atoms with Gasteiger partial charge in [0.15, 0.2) is 0 Å². The van der Waals surface area contributed by atoms with Gasteiger partial charge < -0.3 is 20.6 Å². The van der Waals surface area contributed by atoms with Gasteiger partial charge in [0.05, 0.1) is 26.2 Å². The van der Waals surface area contributed by atoms with Gasteiger partial charge in [-0.15, -0.1) is 0 Å². The summed E-state index contributed by atoms with van der Waals surface area (Å²) in [6.45, 7) is 6.58. The third-order valence-electron chi connectivity index (χ3n) is 6.44. The number of carboxylic acids is 3. The molecule has 38 heavy (non-hydrogen) atoms. The molecule has 218 valence electrons. The van der Waals surface area contributed by atoms with E-state index in [-0.39, 0.29) is 43.8 Å². The Balaban J connectivity index is 2.72. The highest BCUT2D eigenvalue weighted by Crippen LogP contribution is 2.06. The number of aliphatic carboxylic acids is 3. The Morgan fingerprint density at radius 1 is 0.605 bits per heavy atom. The van der Waals surface area contributed by atoms with Crippen molar-refractivity contribution in [2.75, 3.05) is 85.1 Å². The number of carbonyl (C=O) groups excluding carboxylic acids is 2. The molecule has 0 aliphatic carbocycles. The minimum atomic E-state index is -1.01. The van der Waals surface area contributed by atoms with Crippen LogP contribution >= 0.6 is 0 Å². The lowest BCUT2D eigenvalue weighted by Crippen LogP contribution is -2.49. The Labute approximate surface area is 224 Å². The van der Waals surface area contributed by atoms with Crippen LogP contribution in [0.2, 0.25) is 0 Å². The van der Waals surface area contributed by atoms with Gasteiger partial charge in [-0.3, -0.25) is 43.6 Å². The molecule has 1 saturated heterocycles. The number of Topliss-reactive ketones (excluding diaryl/α,β-unsaturated/α-hetero) is 1. The number of nitrogens with one attached hydrogen (secondary N) is 1. The van der Waals surface area contributed by atoms with Crippen molar-refractivity contribution in [1.82, 2.24) is 24.9 Å². The summed E-state index contributed by atoms with van der Waals surface area (Å²) >= 11 is 0. The summed E-state index contributed by atoms with van der Waals surface area (Å²) in [5, 5.41) is 30.7. The molecule has 0 atom stereocenters. The second-order valence-corrected chi connectivity index (χ2v) is 10.1. The van der Waals surface area contributed by atoms with Crippen molar-refractivity contribution in [3.05, 3.63) is 0 Å². The van der Waals surface area contributed by atoms with Crippen molar-refractivity contribution in [2.24, 2.45) is 5.92 Å². The smallest absolute Gasteiger partial charge is 0.317 e. The second kappa shape index (κ2) is 18.6. The van der Waals surface area contributed by atoms with Crippen molar-refractivity contribution < 1.29 is 39.3 Å². The number of hydrogen-bond donors (Lipinski definition) is 4. The zero-order chi connectivity index (χ0) is 28.5. The third-order valence-corrected chi connectivity index (χ3v) is 6.44. The standard InChI is InChI=1S/C25H45N5O8/c1-20(2)21(31)6-4-3-5-7-26-22(32)16-27-8-10-28(17-23(33)34)12-14-30(19-25(37)38)15-13-29(11-9-27)18-24(35)36/h20H,3-19H2,1-2H3,(H,26,32)(H,33,34)(H,35,36)(H,37,38). The molecule has 0 radical (unpaired) electrons. The van der Waals surface area contributed by atoms with E-state index in [0.717, 1.165) is 19.3 Å². The quantitative estimate of drug-likeness (QED) is 0.193. The minimum Gasteiger partial charge on any atom is -0.480 e. The summed E-state index contributed by atoms with van der Waals surface area (Å²) in [6.07, 6.45) is 2.95. The Bertz CT molecular complexity index is 747. The monoisotopic (exact) mass is 543 g/mol. The largest absolute Gasteiger partial charge is 0.480 e. The number of amides is 1. The molecule has 1 aliphatic heterocycles. The minimum absolute atomic E-state index is 0.0382. The molecule has 0 aromatic heterocycles. The maximum Gasteiger partial charge on any atom is 0.317 e. The van der Waals surface area contributed by atoms with Gasteiger partial charge in [0.25, 0.3) is 0 Å². The van der Waals surface area contributed by atoms with Gasteiger partial charge in [-0.25, -0.2) is 0 Å². The van der Waals surface area contributed by atoms with Crippen LogP contribution in [0, 0.1) is 5.92 Å². The molecule has 0 saturated carbocycles. The zero-order valence-electron chi connectivity index (χ0n) is 22.8. The van der Waals surface area contributed by atoms with Crippen molar-refractivity contribution in [1.29, 1.82) is 0 Å². The molecule has 1 heterocycles. The first kappa shape index (κ1) is 33.4. The van der Waals surface area contributed by atoms with Crippen LogP contribution < -0.4 is 5.32 Å². The number of rotatable bonds is 15. The predicted molar refractivity (Wildman–Crippen MR) is 140 cm³/mol. The predicted octanol–water partition coefficient (Wildman–Crippen LogP) is -0.636. The van der Waals surface area contributed by atoms with Crippen LogP contribution in [0.3, 0.4) is 0 Å². The van der Waals surface area contributed by atoms with Crippen LogP contribution in [0.15, 0.2) is 0 Å². The van der Waals surface area contributed by atoms with Crippen LogP contribution in [0.1, 0.15) is 39.5 Å². The molecule has 0 spiro atoms. The van der Waals surface area contributed by atoms with Crippen LogP contribution in [-0.2, 0) is 24.0 Å². The van der Waals surface area contributed by atoms with E-state index in [1.165, 1.54) is 0 Å². The van der Waals surface area contributed by atoms with E-state index >= 15 is 0 Å². The van der Waals surface area contributed by atoms with Crippen molar-refractivity contribution >= 4 is 29.6 Å². The van der Waals surface area contributed by atoms with Gasteiger partial charge in [0, 0.05) is 71.2 Å². The average molecular weight is 544 g/mol. The normalized spacial score (nSPS) is 17.4. The summed E-state index contributed by atoms with van der Waals surface area (Å²) in [5.74, 6) is -2.88. The number of ketones is 1. The average Bonchev–Trinajstić information content (AvgIpc) is 2.81. The zero-order valence-corrected chi connectivity index (χ0v) is 22.8. The highest BCUT2D eigenvalue weighted by Gasteiger charge is 2.21. The van der Waals surface area contributed by atoms with Crippen LogP contribution in [-0.4, -0.2) is 150 Å². The maximum absolute atomic E-state index is 12.6. The molecular formula is C25H45N5O8. The maximum atomic E-state index is 12.6. The van der Waals surface area contributed by atoms with E-state index in [9.17, 15) is 39.3 Å². The Kier molecular flexibility index (Phi) is 16.4. The number of hydrogen-bond acceptors (Lipinski definition) is 9. The van der Waals surface area contributed by atoms with Gasteiger partial charge in [-0.2, -0.15) is 0 Å². The summed E-state index contributed by atoms with van der Waals surface area (Å²) in [7, 11) is 0. The Morgan fingerprint density at radius 3 is 1.32 bits per heavy atom. The molecule has 1 aliphatic rings. The fourth-order valence-corrected chi connectivity index (χ4v) is 4.16. The van der Waals surface area contributed by atoms with Gasteiger partial charge >= 0.3 is 17.9 Å². The lowest BCUT2D eigenvalue weighted by Gasteiger charge is -2.32. The third kappa shape index (κ3) is 16.3. The Morgan fingerprint density at radius 2 is 0.974 bits per heavy atom. The van der Waals surface area contributed by atoms with Crippen molar-refractivity contribution in [3.8, 4) is 0 Å². The number of nitrogens with zero attached hydrogens (tertiary/aromatic N) is 4. The number of carbonyl (C=O) groups is 5. The van der Waals surface area contributed by atoms with E-state index < -0.39 is 17.9 Å². The van der Waals surface area contributed by atoms with Gasteiger partial charge in [-0.1, -0.05) is 20.3 Å². The molecule has 0 unspecified atom stereocenters. The molecule has 13 nitrogen and oxygen atoms in total. The molecule has 0 aromatic rings. The number of carboxylic acid groups (broad SMARTS) is 3. The molecule has 1 amide bonds. The second-order valence-electron chi connectivity index (χ2n) is 10.1. The van der Waals surface area contributed by atoms with Gasteiger partial charge in [0.1, 0.15) is 5.78 Å². The molecule has 1 rings (SSSR count). The van der Waals surface area contributed by atoms with Gasteiger partial charge in [-0.05, 0) is 12.8 Å². The van der Waals surface area contributed by atoms with Crippen LogP contribution in [0.4, 0.5) is 0 Å². The molecular weight excluding hydrogens is 498 g/mol. The van der Waals surface area contributed by atoms with E-state index in [0.29, 0.717) is 65.3 Å². The molecule has 0 aromatic carbocycles. The van der Waals surface area contributed by atoms with Crippen molar-refractivity contribution in [3.63, 3.8) is 0 Å². The van der Waals surface area contributed by atoms with Gasteiger partial charge in [0.2, 0.25) is 5.91 Å². The highest BCUT2D eigenvalue weighted by molar-refractivity contribution is 5.80. The molecule has 4 N–H and O–H groups in total. The fraction of sp³-hybridized carbons (Fsp3) is 0.800. The van der Waals surface area contributed by atoms with E-state index in [4.69, 9.17) is 0 Å². The SMILES string of the molecule is CC(C)C(=O)CCCCCNC(=O)CN1CCN(CC(=O)O)CCN(CC(=O)O)CCN(CC(=O)O)CC1. The van der Waals surface area contributed by atoms with Crippen molar-refractivity contribution in [2.45, 2.75) is 39.5 Å². The fourth-order valence-electron chi connectivity index (χ4n) is 4.16. The first-order valence-corrected chi connectivity index (χ1v) is 13.3. The summed E-state index contributed by atoms with van der Waals surface area (Å²) < 4.78 is 0. The first-order chi connectivity index (χ1) is 18.0. The van der Waals surface area contributed by atoms with E-state index in [1.54, 1.807) is 14.7 Å². The summed E-state index contributed by atoms with van der Waals surface area (Å²) in [5.41, 5.74) is 0. The first-order valence-electron chi connectivity index (χ1n) is 13.3. The van der Waals surface area contributed by atoms with Crippen LogP contribution in [0.25, 0.3) is 0 Å². The van der Waals surface area contributed by atoms with E-state index in [1.807, 2.05) is 18.7 Å².